The molecule has 0 aromatic heterocycles. The molecule has 0 heterocycles. The summed E-state index contributed by atoms with van der Waals surface area (Å²) in [7, 11) is 0. The highest BCUT2D eigenvalue weighted by molar-refractivity contribution is 5.45. The van der Waals surface area contributed by atoms with Gasteiger partial charge in [-0.1, -0.05) is 46.0 Å². The van der Waals surface area contributed by atoms with Gasteiger partial charge in [-0.15, -0.1) is 0 Å². The van der Waals surface area contributed by atoms with Crippen LogP contribution in [0, 0.1) is 23.1 Å². The first-order chi connectivity index (χ1) is 12.2. The summed E-state index contributed by atoms with van der Waals surface area (Å²) in [5.41, 5.74) is 0.789. The molecule has 0 aliphatic heterocycles. The van der Waals surface area contributed by atoms with Crippen LogP contribution in [0.15, 0.2) is 12.1 Å². The van der Waals surface area contributed by atoms with Crippen LogP contribution in [-0.2, 0) is 0 Å². The van der Waals surface area contributed by atoms with Crippen molar-refractivity contribution in [2.24, 2.45) is 5.92 Å². The molecule has 1 aliphatic rings. The predicted octanol–water partition coefficient (Wildman–Crippen LogP) is 6.73. The third-order valence-electron chi connectivity index (χ3n) is 5.44. The number of hydrogen-bond acceptors (Lipinski definition) is 2. The van der Waals surface area contributed by atoms with Crippen LogP contribution in [0.2, 0.25) is 0 Å². The van der Waals surface area contributed by atoms with Crippen molar-refractivity contribution in [2.45, 2.75) is 84.0 Å². The Kier molecular flexibility index (Phi) is 8.25. The Bertz CT molecular complexity index is 570. The number of halogens is 1. The van der Waals surface area contributed by atoms with Gasteiger partial charge in [0.15, 0.2) is 0 Å². The van der Waals surface area contributed by atoms with Crippen molar-refractivity contribution in [1.82, 2.24) is 0 Å². The quantitative estimate of drug-likeness (QED) is 0.465. The molecule has 2 rings (SSSR count). The van der Waals surface area contributed by atoms with Gasteiger partial charge >= 0.3 is 0 Å². The molecule has 25 heavy (non-hydrogen) atoms. The normalized spacial score (nSPS) is 20.2. The molecule has 1 aliphatic carbocycles. The lowest BCUT2D eigenvalue weighted by Crippen LogP contribution is -2.16. The number of ether oxygens (including phenoxy) is 1. The summed E-state index contributed by atoms with van der Waals surface area (Å²) in [6.07, 6.45) is 11.8. The van der Waals surface area contributed by atoms with Gasteiger partial charge in [0, 0.05) is 5.56 Å². The Morgan fingerprint density at radius 1 is 1.08 bits per heavy atom. The van der Waals surface area contributed by atoms with Gasteiger partial charge in [0.1, 0.15) is 17.6 Å². The van der Waals surface area contributed by atoms with Gasteiger partial charge < -0.3 is 4.74 Å². The van der Waals surface area contributed by atoms with E-state index in [-0.39, 0.29) is 17.3 Å². The Morgan fingerprint density at radius 3 is 2.48 bits per heavy atom. The van der Waals surface area contributed by atoms with Crippen LogP contribution in [0.1, 0.15) is 95.1 Å². The summed E-state index contributed by atoms with van der Waals surface area (Å²) in [5.74, 6) is 1.26. The van der Waals surface area contributed by atoms with Gasteiger partial charge in [-0.3, -0.25) is 0 Å². The number of rotatable bonds is 9. The largest absolute Gasteiger partial charge is 0.493 e. The van der Waals surface area contributed by atoms with E-state index in [2.05, 4.69) is 6.92 Å². The molecule has 138 valence electrons. The van der Waals surface area contributed by atoms with Gasteiger partial charge in [0.25, 0.3) is 0 Å². The number of benzene rings is 1. The molecule has 0 atom stereocenters. The molecule has 1 aromatic rings. The lowest BCUT2D eigenvalue weighted by Gasteiger charge is -2.30. The molecular formula is C22H32FNO. The van der Waals surface area contributed by atoms with E-state index < -0.39 is 0 Å². The monoisotopic (exact) mass is 345 g/mol. The number of hydrogen-bond donors (Lipinski definition) is 0. The Labute approximate surface area is 152 Å². The highest BCUT2D eigenvalue weighted by Crippen LogP contribution is 2.42. The van der Waals surface area contributed by atoms with Crippen molar-refractivity contribution in [3.63, 3.8) is 0 Å². The predicted molar refractivity (Wildman–Crippen MR) is 100 cm³/mol. The maximum Gasteiger partial charge on any atom is 0.148 e. The minimum absolute atomic E-state index is 0.139. The molecule has 2 nitrogen and oxygen atoms in total. The fourth-order valence-electron chi connectivity index (χ4n) is 3.98. The van der Waals surface area contributed by atoms with Crippen LogP contribution in [0.4, 0.5) is 4.39 Å². The van der Waals surface area contributed by atoms with Crippen LogP contribution < -0.4 is 4.74 Å². The van der Waals surface area contributed by atoms with Crippen LogP contribution in [-0.4, -0.2) is 6.61 Å². The second-order valence-corrected chi connectivity index (χ2v) is 7.37. The Balaban J connectivity index is 2.02. The van der Waals surface area contributed by atoms with E-state index >= 15 is 0 Å². The number of nitriles is 1. The van der Waals surface area contributed by atoms with E-state index in [1.165, 1.54) is 44.9 Å². The van der Waals surface area contributed by atoms with Crippen LogP contribution in [0.25, 0.3) is 0 Å². The molecular weight excluding hydrogens is 313 g/mol. The van der Waals surface area contributed by atoms with E-state index in [1.807, 2.05) is 13.0 Å². The Morgan fingerprint density at radius 2 is 1.84 bits per heavy atom. The van der Waals surface area contributed by atoms with Gasteiger partial charge in [0.05, 0.1) is 12.2 Å². The maximum atomic E-state index is 14.8. The molecule has 0 N–H and O–H groups in total. The van der Waals surface area contributed by atoms with E-state index in [4.69, 9.17) is 10.00 Å². The summed E-state index contributed by atoms with van der Waals surface area (Å²) in [6, 6.07) is 5.30. The average Bonchev–Trinajstić information content (AvgIpc) is 2.64. The number of unbranched alkanes of at least 4 members (excludes halogenated alkanes) is 3. The smallest absolute Gasteiger partial charge is 0.148 e. The first-order valence-corrected chi connectivity index (χ1v) is 10.1. The zero-order valence-electron chi connectivity index (χ0n) is 15.8. The second kappa shape index (κ2) is 10.4. The molecule has 0 bridgehead atoms. The fourth-order valence-corrected chi connectivity index (χ4v) is 3.98. The van der Waals surface area contributed by atoms with Crippen LogP contribution >= 0.6 is 0 Å². The lowest BCUT2D eigenvalue weighted by molar-refractivity contribution is 0.279. The minimum atomic E-state index is -0.359. The van der Waals surface area contributed by atoms with E-state index in [0.29, 0.717) is 17.9 Å². The summed E-state index contributed by atoms with van der Waals surface area (Å²) in [6.45, 7) is 4.88. The lowest BCUT2D eigenvalue weighted by atomic mass is 9.76. The SMILES string of the molecule is CCCCCCC1CCC(c2c(OCCC)ccc(C#N)c2F)CC1. The zero-order chi connectivity index (χ0) is 18.1. The molecule has 0 unspecified atom stereocenters. The van der Waals surface area contributed by atoms with Crippen molar-refractivity contribution >= 4 is 0 Å². The van der Waals surface area contributed by atoms with Gasteiger partial charge in [0.2, 0.25) is 0 Å². The molecule has 1 aromatic carbocycles. The molecule has 1 saturated carbocycles. The van der Waals surface area contributed by atoms with Crippen molar-refractivity contribution < 1.29 is 9.13 Å². The first kappa shape index (κ1) is 19.8. The van der Waals surface area contributed by atoms with Crippen molar-refractivity contribution in [1.29, 1.82) is 5.26 Å². The summed E-state index contributed by atoms with van der Waals surface area (Å²) >= 11 is 0. The van der Waals surface area contributed by atoms with Crippen molar-refractivity contribution in [3.8, 4) is 11.8 Å². The van der Waals surface area contributed by atoms with Gasteiger partial charge in [-0.2, -0.15) is 5.26 Å². The summed E-state index contributed by atoms with van der Waals surface area (Å²) in [4.78, 5) is 0. The Hall–Kier alpha value is -1.56. The molecule has 0 radical (unpaired) electrons. The standard InChI is InChI=1S/C22H32FNO/c1-3-5-6-7-8-17-9-11-18(12-10-17)21-20(25-15-4-2)14-13-19(16-24)22(21)23/h13-14,17-18H,3-12,15H2,1-2H3. The van der Waals surface area contributed by atoms with Crippen molar-refractivity contribution in [2.75, 3.05) is 6.61 Å². The third-order valence-corrected chi connectivity index (χ3v) is 5.44. The first-order valence-electron chi connectivity index (χ1n) is 10.1. The highest BCUT2D eigenvalue weighted by atomic mass is 19.1. The highest BCUT2D eigenvalue weighted by Gasteiger charge is 2.28. The van der Waals surface area contributed by atoms with Gasteiger partial charge in [-0.25, -0.2) is 4.39 Å². The fraction of sp³-hybridized carbons (Fsp3) is 0.682. The number of nitrogens with zero attached hydrogens (tertiary/aromatic N) is 1. The topological polar surface area (TPSA) is 33.0 Å². The molecule has 0 saturated heterocycles. The summed E-state index contributed by atoms with van der Waals surface area (Å²) in [5, 5.41) is 9.16. The third kappa shape index (κ3) is 5.46. The van der Waals surface area contributed by atoms with Crippen molar-refractivity contribution in [3.05, 3.63) is 29.1 Å². The van der Waals surface area contributed by atoms with E-state index in [1.54, 1.807) is 12.1 Å². The molecule has 1 fully saturated rings. The molecule has 0 amide bonds. The average molecular weight is 346 g/mol. The summed E-state index contributed by atoms with van der Waals surface area (Å²) < 4.78 is 20.6. The van der Waals surface area contributed by atoms with Crippen LogP contribution in [0.3, 0.4) is 0 Å². The maximum absolute atomic E-state index is 14.8. The van der Waals surface area contributed by atoms with E-state index in [0.717, 1.165) is 25.2 Å². The minimum Gasteiger partial charge on any atom is -0.493 e. The second-order valence-electron chi connectivity index (χ2n) is 7.37. The van der Waals surface area contributed by atoms with Crippen LogP contribution in [0.5, 0.6) is 5.75 Å². The zero-order valence-corrected chi connectivity index (χ0v) is 15.8. The van der Waals surface area contributed by atoms with Gasteiger partial charge in [-0.05, 0) is 56.1 Å². The molecule has 3 heteroatoms. The molecule has 0 spiro atoms. The van der Waals surface area contributed by atoms with E-state index in [9.17, 15) is 4.39 Å².